The van der Waals surface area contributed by atoms with Gasteiger partial charge in [-0.1, -0.05) is 24.3 Å². The average Bonchev–Trinajstić information content (AvgIpc) is 3.42. The van der Waals surface area contributed by atoms with E-state index < -0.39 is 10.0 Å². The summed E-state index contributed by atoms with van der Waals surface area (Å²) in [6.07, 6.45) is 9.12. The van der Waals surface area contributed by atoms with Crippen LogP contribution in [-0.4, -0.2) is 77.3 Å². The van der Waals surface area contributed by atoms with Gasteiger partial charge in [0.05, 0.1) is 24.0 Å². The van der Waals surface area contributed by atoms with E-state index in [4.69, 9.17) is 0 Å². The second kappa shape index (κ2) is 11.0. The predicted octanol–water partition coefficient (Wildman–Crippen LogP) is 2.26. The van der Waals surface area contributed by atoms with Gasteiger partial charge in [-0.2, -0.15) is 9.40 Å². The summed E-state index contributed by atoms with van der Waals surface area (Å²) in [5.74, 6) is 0.375. The van der Waals surface area contributed by atoms with Crippen LogP contribution in [-0.2, 0) is 10.0 Å². The molecular formula is C25H28N8O3S. The van der Waals surface area contributed by atoms with Crippen LogP contribution in [0, 0.1) is 0 Å². The SMILES string of the molecule is O=S(=O)(c1ccc(Nc2ncc(/C=C/c3cccc4[nH]ncc34)cn2)cc1NCCO)N1CCNCC1. The third-order valence-corrected chi connectivity index (χ3v) is 7.96. The summed E-state index contributed by atoms with van der Waals surface area (Å²) >= 11 is 0. The van der Waals surface area contributed by atoms with E-state index in [0.717, 1.165) is 22.0 Å². The standard InChI is InChI=1S/C25H28N8O3S/c34-13-10-27-23-14-20(6-7-24(23)37(35,36)33-11-8-26-9-12-33)31-25-28-15-18(16-29-25)4-5-19-2-1-3-22-21(19)17-30-32-22/h1-7,14-17,26-27,34H,8-13H2,(H,30,32)(H,28,29,31)/b5-4+. The zero-order valence-corrected chi connectivity index (χ0v) is 20.9. The molecule has 1 saturated heterocycles. The van der Waals surface area contributed by atoms with E-state index in [1.165, 1.54) is 4.31 Å². The van der Waals surface area contributed by atoms with Crippen molar-refractivity contribution in [1.29, 1.82) is 0 Å². The molecule has 4 aromatic rings. The zero-order valence-electron chi connectivity index (χ0n) is 20.1. The second-order valence-corrected chi connectivity index (χ2v) is 10.4. The number of rotatable bonds is 9. The lowest BCUT2D eigenvalue weighted by molar-refractivity contribution is 0.311. The largest absolute Gasteiger partial charge is 0.395 e. The predicted molar refractivity (Wildman–Crippen MR) is 144 cm³/mol. The van der Waals surface area contributed by atoms with Crippen LogP contribution < -0.4 is 16.0 Å². The van der Waals surface area contributed by atoms with Gasteiger partial charge in [-0.25, -0.2) is 18.4 Å². The van der Waals surface area contributed by atoms with Gasteiger partial charge in [0.1, 0.15) is 4.90 Å². The number of aliphatic hydroxyl groups is 1. The van der Waals surface area contributed by atoms with Crippen molar-refractivity contribution in [3.8, 4) is 0 Å². The molecule has 0 bridgehead atoms. The quantitative estimate of drug-likeness (QED) is 0.224. The Morgan fingerprint density at radius 1 is 1.05 bits per heavy atom. The van der Waals surface area contributed by atoms with Crippen LogP contribution in [0.25, 0.3) is 23.1 Å². The van der Waals surface area contributed by atoms with Gasteiger partial charge in [-0.3, -0.25) is 5.10 Å². The maximum atomic E-state index is 13.2. The number of H-pyrrole nitrogens is 1. The van der Waals surface area contributed by atoms with Gasteiger partial charge in [0.15, 0.2) is 0 Å². The van der Waals surface area contributed by atoms with E-state index in [1.807, 2.05) is 30.4 Å². The van der Waals surface area contributed by atoms with E-state index in [0.29, 0.717) is 43.5 Å². The van der Waals surface area contributed by atoms with Crippen LogP contribution in [0.5, 0.6) is 0 Å². The number of anilines is 3. The van der Waals surface area contributed by atoms with Gasteiger partial charge in [-0.15, -0.1) is 0 Å². The molecule has 1 fully saturated rings. The Labute approximate surface area is 214 Å². The Kier molecular flexibility index (Phi) is 7.42. The normalized spacial score (nSPS) is 14.8. The number of aliphatic hydroxyl groups excluding tert-OH is 1. The first kappa shape index (κ1) is 24.8. The number of piperazine rings is 1. The molecule has 0 saturated carbocycles. The zero-order chi connectivity index (χ0) is 25.7. The van der Waals surface area contributed by atoms with Crippen LogP contribution >= 0.6 is 0 Å². The van der Waals surface area contributed by atoms with Crippen molar-refractivity contribution in [2.45, 2.75) is 4.90 Å². The Morgan fingerprint density at radius 3 is 2.65 bits per heavy atom. The number of sulfonamides is 1. The molecule has 0 spiro atoms. The molecule has 0 radical (unpaired) electrons. The highest BCUT2D eigenvalue weighted by Gasteiger charge is 2.28. The average molecular weight is 521 g/mol. The van der Waals surface area contributed by atoms with E-state index in [9.17, 15) is 13.5 Å². The molecule has 1 aliphatic heterocycles. The van der Waals surface area contributed by atoms with Crippen LogP contribution in [0.2, 0.25) is 0 Å². The molecule has 192 valence electrons. The van der Waals surface area contributed by atoms with Gasteiger partial charge in [0, 0.05) is 61.8 Å². The summed E-state index contributed by atoms with van der Waals surface area (Å²) < 4.78 is 27.9. The molecule has 2 aromatic carbocycles. The maximum Gasteiger partial charge on any atom is 0.245 e. The van der Waals surface area contributed by atoms with Crippen molar-refractivity contribution in [2.75, 3.05) is 50.0 Å². The first-order valence-corrected chi connectivity index (χ1v) is 13.4. The summed E-state index contributed by atoms with van der Waals surface area (Å²) in [6.45, 7) is 2.14. The molecule has 2 aromatic heterocycles. The summed E-state index contributed by atoms with van der Waals surface area (Å²) in [6, 6.07) is 10.9. The molecular weight excluding hydrogens is 492 g/mol. The van der Waals surface area contributed by atoms with Crippen LogP contribution in [0.15, 0.2) is 59.9 Å². The molecule has 1 aliphatic rings. The van der Waals surface area contributed by atoms with E-state index in [1.54, 1.807) is 36.8 Å². The summed E-state index contributed by atoms with van der Waals surface area (Å²) in [4.78, 5) is 8.95. The molecule has 0 unspecified atom stereocenters. The molecule has 0 amide bonds. The van der Waals surface area contributed by atoms with Crippen LogP contribution in [0.3, 0.4) is 0 Å². The Hall–Kier alpha value is -3.84. The minimum Gasteiger partial charge on any atom is -0.395 e. The lowest BCUT2D eigenvalue weighted by Gasteiger charge is -2.27. The number of benzene rings is 2. The monoisotopic (exact) mass is 520 g/mol. The lowest BCUT2D eigenvalue weighted by atomic mass is 10.1. The number of nitrogens with zero attached hydrogens (tertiary/aromatic N) is 4. The lowest BCUT2D eigenvalue weighted by Crippen LogP contribution is -2.46. The van der Waals surface area contributed by atoms with Gasteiger partial charge >= 0.3 is 0 Å². The second-order valence-electron chi connectivity index (χ2n) is 8.49. The fourth-order valence-corrected chi connectivity index (χ4v) is 5.72. The molecule has 5 rings (SSSR count). The number of hydrogen-bond acceptors (Lipinski definition) is 9. The maximum absolute atomic E-state index is 13.2. The number of aromatic nitrogens is 4. The first-order valence-electron chi connectivity index (χ1n) is 11.9. The third-order valence-electron chi connectivity index (χ3n) is 6.00. The van der Waals surface area contributed by atoms with Crippen molar-refractivity contribution in [3.05, 3.63) is 66.1 Å². The highest BCUT2D eigenvalue weighted by Crippen LogP contribution is 2.29. The fraction of sp³-hybridized carbons (Fsp3) is 0.240. The van der Waals surface area contributed by atoms with Crippen molar-refractivity contribution in [1.82, 2.24) is 29.8 Å². The van der Waals surface area contributed by atoms with Crippen molar-refractivity contribution >= 4 is 50.4 Å². The molecule has 3 heterocycles. The molecule has 11 nitrogen and oxygen atoms in total. The molecule has 5 N–H and O–H groups in total. The molecule has 0 aliphatic carbocycles. The smallest absolute Gasteiger partial charge is 0.245 e. The molecule has 37 heavy (non-hydrogen) atoms. The van der Waals surface area contributed by atoms with Gasteiger partial charge in [-0.05, 0) is 29.8 Å². The van der Waals surface area contributed by atoms with E-state index in [-0.39, 0.29) is 18.0 Å². The third kappa shape index (κ3) is 5.62. The highest BCUT2D eigenvalue weighted by atomic mass is 32.2. The topological polar surface area (TPSA) is 148 Å². The van der Waals surface area contributed by atoms with Gasteiger partial charge in [0.2, 0.25) is 16.0 Å². The fourth-order valence-electron chi connectivity index (χ4n) is 4.13. The molecule has 0 atom stereocenters. The minimum absolute atomic E-state index is 0.127. The van der Waals surface area contributed by atoms with E-state index in [2.05, 4.69) is 36.1 Å². The Balaban J connectivity index is 1.33. The number of hydrogen-bond donors (Lipinski definition) is 5. The Bertz CT molecular complexity index is 1500. The van der Waals surface area contributed by atoms with Gasteiger partial charge in [0.25, 0.3) is 0 Å². The first-order chi connectivity index (χ1) is 18.0. The van der Waals surface area contributed by atoms with E-state index >= 15 is 0 Å². The number of nitrogens with one attached hydrogen (secondary N) is 4. The van der Waals surface area contributed by atoms with Crippen LogP contribution in [0.1, 0.15) is 11.1 Å². The number of fused-ring (bicyclic) bond motifs is 1. The van der Waals surface area contributed by atoms with Crippen LogP contribution in [0.4, 0.5) is 17.3 Å². The highest BCUT2D eigenvalue weighted by molar-refractivity contribution is 7.89. The minimum atomic E-state index is -3.68. The Morgan fingerprint density at radius 2 is 1.86 bits per heavy atom. The molecule has 12 heteroatoms. The summed E-state index contributed by atoms with van der Waals surface area (Å²) in [5.41, 5.74) is 3.86. The number of aromatic amines is 1. The summed E-state index contributed by atoms with van der Waals surface area (Å²) in [7, 11) is -3.68. The summed E-state index contributed by atoms with van der Waals surface area (Å²) in [5, 5.41) is 26.7. The van der Waals surface area contributed by atoms with Crippen molar-refractivity contribution < 1.29 is 13.5 Å². The van der Waals surface area contributed by atoms with Gasteiger partial charge < -0.3 is 21.1 Å². The van der Waals surface area contributed by atoms with Crippen molar-refractivity contribution in [3.63, 3.8) is 0 Å². The van der Waals surface area contributed by atoms with Crippen molar-refractivity contribution in [2.24, 2.45) is 0 Å².